The molecule has 1 aliphatic heterocycles. The van der Waals surface area contributed by atoms with Gasteiger partial charge in [0.2, 0.25) is 0 Å². The Bertz CT molecular complexity index is 897. The summed E-state index contributed by atoms with van der Waals surface area (Å²) in [5, 5.41) is 0. The van der Waals surface area contributed by atoms with Crippen LogP contribution in [-0.4, -0.2) is 54.5 Å². The van der Waals surface area contributed by atoms with E-state index in [9.17, 15) is 13.2 Å². The van der Waals surface area contributed by atoms with Gasteiger partial charge in [-0.2, -0.15) is 13.2 Å². The lowest BCUT2D eigenvalue weighted by molar-refractivity contribution is -0.137. The zero-order chi connectivity index (χ0) is 23.2. The fourth-order valence-electron chi connectivity index (χ4n) is 5.18. The Hall–Kier alpha value is -2.13. The van der Waals surface area contributed by atoms with Crippen LogP contribution in [0, 0.1) is 23.7 Å². The minimum atomic E-state index is -4.58. The molecule has 0 amide bonds. The average Bonchev–Trinajstić information content (AvgIpc) is 3.16. The van der Waals surface area contributed by atoms with E-state index in [-0.39, 0.29) is 17.3 Å². The summed E-state index contributed by atoms with van der Waals surface area (Å²) < 4.78 is 44.9. The summed E-state index contributed by atoms with van der Waals surface area (Å²) in [6, 6.07) is 1.60. The number of hydrogen-bond acceptors (Lipinski definition) is 6. The highest BCUT2D eigenvalue weighted by Crippen LogP contribution is 2.59. The molecule has 2 atom stereocenters. The monoisotopic (exact) mass is 451 g/mol. The Morgan fingerprint density at radius 3 is 2.50 bits per heavy atom. The summed E-state index contributed by atoms with van der Waals surface area (Å²) >= 11 is 0. The van der Waals surface area contributed by atoms with Crippen molar-refractivity contribution in [3.05, 3.63) is 29.5 Å². The third-order valence-electron chi connectivity index (χ3n) is 6.91. The molecule has 9 heteroatoms. The number of fused-ring (bicyclic) bond motifs is 1. The smallest absolute Gasteiger partial charge is 0.398 e. The number of ether oxygens (including phenoxy) is 1. The van der Waals surface area contributed by atoms with Crippen LogP contribution in [0.2, 0.25) is 0 Å². The van der Waals surface area contributed by atoms with Crippen molar-refractivity contribution >= 4 is 17.2 Å². The first-order valence-corrected chi connectivity index (χ1v) is 11.2. The van der Waals surface area contributed by atoms with Gasteiger partial charge in [-0.15, -0.1) is 0 Å². The molecule has 176 valence electrons. The number of rotatable bonds is 7. The van der Waals surface area contributed by atoms with Crippen LogP contribution in [0.3, 0.4) is 0 Å². The first kappa shape index (κ1) is 23.0. The SMILES string of the molecule is CC(C)N=C(C=C(N)c1cnc(N)c(C(F)(F)F)c1)C1C2CC(N(C)CC3COC3)CC21. The topological polar surface area (TPSA) is 89.8 Å². The lowest BCUT2D eigenvalue weighted by Crippen LogP contribution is -2.42. The second kappa shape index (κ2) is 8.67. The largest absolute Gasteiger partial charge is 0.419 e. The molecule has 2 unspecified atom stereocenters. The van der Waals surface area contributed by atoms with Gasteiger partial charge in [0.1, 0.15) is 5.82 Å². The quantitative estimate of drug-likeness (QED) is 0.620. The third-order valence-corrected chi connectivity index (χ3v) is 6.91. The predicted molar refractivity (Wildman–Crippen MR) is 119 cm³/mol. The zero-order valence-electron chi connectivity index (χ0n) is 18.8. The highest BCUT2D eigenvalue weighted by Gasteiger charge is 2.58. The molecule has 0 radical (unpaired) electrons. The normalized spacial score (nSPS) is 28.9. The number of aromatic nitrogens is 1. The van der Waals surface area contributed by atoms with Crippen LogP contribution in [-0.2, 0) is 10.9 Å². The van der Waals surface area contributed by atoms with Crippen molar-refractivity contribution < 1.29 is 17.9 Å². The molecule has 32 heavy (non-hydrogen) atoms. The van der Waals surface area contributed by atoms with E-state index in [1.54, 1.807) is 6.08 Å². The van der Waals surface area contributed by atoms with Crippen molar-refractivity contribution in [2.75, 3.05) is 32.5 Å². The maximum absolute atomic E-state index is 13.2. The number of halogens is 3. The maximum atomic E-state index is 13.2. The summed E-state index contributed by atoms with van der Waals surface area (Å²) in [7, 11) is 2.19. The Kier molecular flexibility index (Phi) is 6.24. The van der Waals surface area contributed by atoms with Gasteiger partial charge in [-0.1, -0.05) is 0 Å². The number of nitrogens with two attached hydrogens (primary N) is 2. The second-order valence-electron chi connectivity index (χ2n) is 9.72. The zero-order valence-corrected chi connectivity index (χ0v) is 18.8. The van der Waals surface area contributed by atoms with E-state index < -0.39 is 17.6 Å². The maximum Gasteiger partial charge on any atom is 0.419 e. The molecule has 2 aliphatic carbocycles. The first-order chi connectivity index (χ1) is 15.0. The molecule has 1 aromatic rings. The molecule has 4 N–H and O–H groups in total. The summed E-state index contributed by atoms with van der Waals surface area (Å²) in [6.07, 6.45) is 0.674. The molecule has 3 fully saturated rings. The summed E-state index contributed by atoms with van der Waals surface area (Å²) in [6.45, 7) is 6.77. The number of nitrogen functional groups attached to an aromatic ring is 1. The third kappa shape index (κ3) is 4.78. The van der Waals surface area contributed by atoms with E-state index in [0.717, 1.165) is 44.4 Å². The van der Waals surface area contributed by atoms with E-state index in [1.165, 1.54) is 6.20 Å². The van der Waals surface area contributed by atoms with E-state index in [2.05, 4.69) is 16.9 Å². The highest BCUT2D eigenvalue weighted by molar-refractivity contribution is 6.04. The van der Waals surface area contributed by atoms with E-state index >= 15 is 0 Å². The van der Waals surface area contributed by atoms with E-state index in [4.69, 9.17) is 21.2 Å². The molecule has 0 bridgehead atoms. The lowest BCUT2D eigenvalue weighted by atomic mass is 9.99. The number of nitrogens with zero attached hydrogens (tertiary/aromatic N) is 3. The molecule has 3 aliphatic rings. The van der Waals surface area contributed by atoms with E-state index in [1.807, 2.05) is 13.8 Å². The standard InChI is InChI=1S/C23H32F3N5O/c1-12(2)30-20(7-19(27)14-4-18(23(24,25)26)22(28)29-8-14)21-16-5-15(6-17(16)21)31(3)9-13-10-32-11-13/h4,7-8,12-13,15-17,21H,5-6,9-11,27H2,1-3H3,(H2,28,29). The Labute approximate surface area is 186 Å². The van der Waals surface area contributed by atoms with Crippen LogP contribution in [0.25, 0.3) is 5.70 Å². The van der Waals surface area contributed by atoms with Crippen LogP contribution in [0.4, 0.5) is 19.0 Å². The van der Waals surface area contributed by atoms with Gasteiger partial charge in [0.05, 0.1) is 18.8 Å². The molecule has 1 aromatic heterocycles. The highest BCUT2D eigenvalue weighted by atomic mass is 19.4. The number of pyridine rings is 1. The van der Waals surface area contributed by atoms with Crippen molar-refractivity contribution in [2.24, 2.45) is 34.4 Å². The lowest BCUT2D eigenvalue weighted by Gasteiger charge is -2.34. The minimum Gasteiger partial charge on any atom is -0.398 e. The van der Waals surface area contributed by atoms with Crippen LogP contribution < -0.4 is 11.5 Å². The molecule has 0 spiro atoms. The molecule has 2 saturated carbocycles. The van der Waals surface area contributed by atoms with Gasteiger partial charge in [0.25, 0.3) is 0 Å². The summed E-state index contributed by atoms with van der Waals surface area (Å²) in [5.74, 6) is 1.51. The summed E-state index contributed by atoms with van der Waals surface area (Å²) in [4.78, 5) is 10.9. The van der Waals surface area contributed by atoms with Crippen molar-refractivity contribution in [3.63, 3.8) is 0 Å². The average molecular weight is 452 g/mol. The summed E-state index contributed by atoms with van der Waals surface area (Å²) in [5.41, 5.74) is 12.0. The number of aliphatic imine (C=N–C) groups is 1. The number of alkyl halides is 3. The fourth-order valence-corrected chi connectivity index (χ4v) is 5.18. The van der Waals surface area contributed by atoms with Gasteiger partial charge in [0, 0.05) is 53.6 Å². The molecular formula is C23H32F3N5O. The van der Waals surface area contributed by atoms with Crippen LogP contribution >= 0.6 is 0 Å². The predicted octanol–water partition coefficient (Wildman–Crippen LogP) is 3.43. The second-order valence-corrected chi connectivity index (χ2v) is 9.72. The van der Waals surface area contributed by atoms with Gasteiger partial charge < -0.3 is 21.1 Å². The van der Waals surface area contributed by atoms with Crippen molar-refractivity contribution in [1.29, 1.82) is 0 Å². The van der Waals surface area contributed by atoms with Crippen molar-refractivity contribution in [2.45, 2.75) is 44.9 Å². The number of hydrogen-bond donors (Lipinski definition) is 2. The van der Waals surface area contributed by atoms with Gasteiger partial charge in [0.15, 0.2) is 0 Å². The van der Waals surface area contributed by atoms with Gasteiger partial charge in [-0.05, 0) is 57.7 Å². The molecule has 0 aromatic carbocycles. The minimum absolute atomic E-state index is 0.0720. The molecular weight excluding hydrogens is 419 g/mol. The number of allylic oxidation sites excluding steroid dienone is 1. The van der Waals surface area contributed by atoms with Crippen LogP contribution in [0.15, 0.2) is 23.3 Å². The molecule has 4 rings (SSSR count). The van der Waals surface area contributed by atoms with Crippen molar-refractivity contribution in [1.82, 2.24) is 9.88 Å². The van der Waals surface area contributed by atoms with Crippen LogP contribution in [0.5, 0.6) is 0 Å². The Balaban J connectivity index is 1.47. The molecule has 6 nitrogen and oxygen atoms in total. The van der Waals surface area contributed by atoms with Gasteiger partial charge >= 0.3 is 6.18 Å². The molecule has 2 heterocycles. The van der Waals surface area contributed by atoms with E-state index in [0.29, 0.717) is 29.7 Å². The molecule has 1 saturated heterocycles. The fraction of sp³-hybridized carbons (Fsp3) is 0.652. The number of anilines is 1. The Morgan fingerprint density at radius 2 is 1.97 bits per heavy atom. The Morgan fingerprint density at radius 1 is 1.31 bits per heavy atom. The van der Waals surface area contributed by atoms with Gasteiger partial charge in [-0.25, -0.2) is 4.98 Å². The van der Waals surface area contributed by atoms with Crippen molar-refractivity contribution in [3.8, 4) is 0 Å². The van der Waals surface area contributed by atoms with Gasteiger partial charge in [-0.3, -0.25) is 4.99 Å². The first-order valence-electron chi connectivity index (χ1n) is 11.2. The van der Waals surface area contributed by atoms with Crippen LogP contribution in [0.1, 0.15) is 37.8 Å².